The Hall–Kier alpha value is -1.39. The van der Waals surface area contributed by atoms with E-state index in [0.717, 1.165) is 24.0 Å². The summed E-state index contributed by atoms with van der Waals surface area (Å²) in [5.41, 5.74) is 0.509. The monoisotopic (exact) mass is 333 g/mol. The highest BCUT2D eigenvalue weighted by Gasteiger charge is 2.48. The number of aliphatic hydroxyl groups excluding tert-OH is 1. The molecule has 0 spiro atoms. The minimum absolute atomic E-state index is 0.0372. The molecule has 1 aromatic carbocycles. The molecule has 0 radical (unpaired) electrons. The van der Waals surface area contributed by atoms with Gasteiger partial charge in [0.15, 0.2) is 0 Å². The summed E-state index contributed by atoms with van der Waals surface area (Å²) in [5, 5.41) is 24.2. The van der Waals surface area contributed by atoms with Gasteiger partial charge in [0.25, 0.3) is 5.91 Å². The fourth-order valence-electron chi connectivity index (χ4n) is 3.97. The average molecular weight is 333 g/mol. The average Bonchev–Trinajstić information content (AvgIpc) is 2.51. The van der Waals surface area contributed by atoms with Crippen LogP contribution in [0, 0.1) is 24.7 Å². The third kappa shape index (κ3) is 4.17. The maximum Gasteiger partial charge on any atom is 0.252 e. The molecular weight excluding hydrogens is 302 g/mol. The highest BCUT2D eigenvalue weighted by atomic mass is 16.3. The molecule has 0 saturated heterocycles. The van der Waals surface area contributed by atoms with Crippen LogP contribution in [0.5, 0.6) is 0 Å². The summed E-state index contributed by atoms with van der Waals surface area (Å²) in [6, 6.07) is 7.61. The van der Waals surface area contributed by atoms with Gasteiger partial charge in [-0.2, -0.15) is 0 Å². The Bertz CT molecular complexity index is 572. The van der Waals surface area contributed by atoms with Crippen LogP contribution < -0.4 is 5.32 Å². The maximum atomic E-state index is 12.7. The van der Waals surface area contributed by atoms with Gasteiger partial charge in [0.1, 0.15) is 5.60 Å². The zero-order valence-electron chi connectivity index (χ0n) is 15.2. The van der Waals surface area contributed by atoms with Crippen LogP contribution in [0.25, 0.3) is 0 Å². The molecule has 0 heterocycles. The maximum absolute atomic E-state index is 12.7. The first-order chi connectivity index (χ1) is 11.2. The highest BCUT2D eigenvalue weighted by molar-refractivity contribution is 5.85. The van der Waals surface area contributed by atoms with E-state index >= 15 is 0 Å². The van der Waals surface area contributed by atoms with Gasteiger partial charge in [0.05, 0.1) is 6.10 Å². The minimum Gasteiger partial charge on any atom is -0.387 e. The molecule has 1 saturated carbocycles. The summed E-state index contributed by atoms with van der Waals surface area (Å²) in [5.74, 6) is 0.191. The van der Waals surface area contributed by atoms with Crippen molar-refractivity contribution in [3.05, 3.63) is 35.4 Å². The third-order valence-corrected chi connectivity index (χ3v) is 5.32. The SMILES string of the molecule is Cc1cccc([C@H](O)CNC(=O)[C@]2(O)C[C@H](C)CC[C@H]2C(C)C)c1. The fourth-order valence-corrected chi connectivity index (χ4v) is 3.97. The van der Waals surface area contributed by atoms with Crippen molar-refractivity contribution in [3.63, 3.8) is 0 Å². The first-order valence-corrected chi connectivity index (χ1v) is 8.99. The molecule has 2 rings (SSSR count). The molecule has 3 N–H and O–H groups in total. The molecule has 1 fully saturated rings. The number of nitrogens with one attached hydrogen (secondary N) is 1. The molecule has 1 aliphatic carbocycles. The van der Waals surface area contributed by atoms with E-state index in [1.807, 2.05) is 31.2 Å². The van der Waals surface area contributed by atoms with E-state index in [2.05, 4.69) is 26.1 Å². The van der Waals surface area contributed by atoms with E-state index in [0.29, 0.717) is 12.3 Å². The summed E-state index contributed by atoms with van der Waals surface area (Å²) in [4.78, 5) is 12.7. The van der Waals surface area contributed by atoms with Crippen LogP contribution in [0.3, 0.4) is 0 Å². The van der Waals surface area contributed by atoms with E-state index in [1.165, 1.54) is 0 Å². The first-order valence-electron chi connectivity index (χ1n) is 8.99. The van der Waals surface area contributed by atoms with Crippen molar-refractivity contribution in [1.82, 2.24) is 5.32 Å². The van der Waals surface area contributed by atoms with E-state index in [4.69, 9.17) is 0 Å². The second kappa shape index (κ2) is 7.66. The van der Waals surface area contributed by atoms with Crippen LogP contribution >= 0.6 is 0 Å². The number of carbonyl (C=O) groups is 1. The highest BCUT2D eigenvalue weighted by Crippen LogP contribution is 2.41. The molecule has 0 bridgehead atoms. The number of aryl methyl sites for hydroxylation is 1. The molecule has 0 aromatic heterocycles. The molecule has 0 unspecified atom stereocenters. The van der Waals surface area contributed by atoms with E-state index < -0.39 is 11.7 Å². The zero-order chi connectivity index (χ0) is 17.9. The zero-order valence-corrected chi connectivity index (χ0v) is 15.2. The molecule has 4 heteroatoms. The Kier molecular flexibility index (Phi) is 6.05. The predicted octanol–water partition coefficient (Wildman–Crippen LogP) is 2.97. The molecule has 1 amide bonds. The molecule has 1 aliphatic rings. The number of benzene rings is 1. The van der Waals surface area contributed by atoms with Crippen molar-refractivity contribution >= 4 is 5.91 Å². The lowest BCUT2D eigenvalue weighted by molar-refractivity contribution is -0.156. The molecule has 1 aromatic rings. The second-order valence-electron chi connectivity index (χ2n) is 7.80. The smallest absolute Gasteiger partial charge is 0.252 e. The number of hydrogen-bond donors (Lipinski definition) is 3. The number of aliphatic hydroxyl groups is 2. The summed E-state index contributed by atoms with van der Waals surface area (Å²) < 4.78 is 0. The van der Waals surface area contributed by atoms with E-state index in [-0.39, 0.29) is 24.3 Å². The number of hydrogen-bond acceptors (Lipinski definition) is 3. The number of rotatable bonds is 5. The van der Waals surface area contributed by atoms with E-state index in [9.17, 15) is 15.0 Å². The summed E-state index contributed by atoms with van der Waals surface area (Å²) >= 11 is 0. The molecule has 4 atom stereocenters. The Labute approximate surface area is 145 Å². The van der Waals surface area contributed by atoms with Gasteiger partial charge in [-0.3, -0.25) is 4.79 Å². The topological polar surface area (TPSA) is 69.6 Å². The van der Waals surface area contributed by atoms with Gasteiger partial charge in [-0.1, -0.05) is 57.0 Å². The van der Waals surface area contributed by atoms with Gasteiger partial charge in [-0.15, -0.1) is 0 Å². The van der Waals surface area contributed by atoms with Crippen molar-refractivity contribution in [2.24, 2.45) is 17.8 Å². The lowest BCUT2D eigenvalue weighted by Gasteiger charge is -2.43. The molecule has 0 aliphatic heterocycles. The van der Waals surface area contributed by atoms with Crippen LogP contribution in [-0.4, -0.2) is 28.3 Å². The Morgan fingerprint density at radius 3 is 2.71 bits per heavy atom. The van der Waals surface area contributed by atoms with Crippen molar-refractivity contribution in [1.29, 1.82) is 0 Å². The number of amides is 1. The molecule has 24 heavy (non-hydrogen) atoms. The van der Waals surface area contributed by atoms with Gasteiger partial charge in [0, 0.05) is 6.54 Å². The summed E-state index contributed by atoms with van der Waals surface area (Å²) in [6.07, 6.45) is 1.63. The van der Waals surface area contributed by atoms with Crippen molar-refractivity contribution in [2.75, 3.05) is 6.54 Å². The van der Waals surface area contributed by atoms with Crippen LogP contribution in [0.4, 0.5) is 0 Å². The lowest BCUT2D eigenvalue weighted by Crippen LogP contribution is -2.56. The van der Waals surface area contributed by atoms with Crippen molar-refractivity contribution < 1.29 is 15.0 Å². The van der Waals surface area contributed by atoms with Gasteiger partial charge >= 0.3 is 0 Å². The van der Waals surface area contributed by atoms with Gasteiger partial charge < -0.3 is 15.5 Å². The fraction of sp³-hybridized carbons (Fsp3) is 0.650. The number of carbonyl (C=O) groups excluding carboxylic acids is 1. The van der Waals surface area contributed by atoms with Crippen LogP contribution in [0.2, 0.25) is 0 Å². The minimum atomic E-state index is -1.34. The Morgan fingerprint density at radius 1 is 1.38 bits per heavy atom. The largest absolute Gasteiger partial charge is 0.387 e. The summed E-state index contributed by atoms with van der Waals surface area (Å²) in [6.45, 7) is 8.27. The quantitative estimate of drug-likeness (QED) is 0.776. The third-order valence-electron chi connectivity index (χ3n) is 5.32. The van der Waals surface area contributed by atoms with Gasteiger partial charge in [0.2, 0.25) is 0 Å². The Balaban J connectivity index is 2.04. The van der Waals surface area contributed by atoms with Gasteiger partial charge in [-0.05, 0) is 43.1 Å². The normalized spacial score (nSPS) is 28.6. The van der Waals surface area contributed by atoms with E-state index in [1.54, 1.807) is 0 Å². The van der Waals surface area contributed by atoms with Gasteiger partial charge in [-0.25, -0.2) is 0 Å². The first kappa shape index (κ1) is 18.9. The van der Waals surface area contributed by atoms with Crippen LogP contribution in [0.1, 0.15) is 57.3 Å². The molecular formula is C20H31NO3. The van der Waals surface area contributed by atoms with Crippen LogP contribution in [-0.2, 0) is 4.79 Å². The predicted molar refractivity (Wildman–Crippen MR) is 95.4 cm³/mol. The Morgan fingerprint density at radius 2 is 2.08 bits per heavy atom. The lowest BCUT2D eigenvalue weighted by atomic mass is 9.66. The van der Waals surface area contributed by atoms with Crippen molar-refractivity contribution in [2.45, 2.75) is 58.7 Å². The van der Waals surface area contributed by atoms with Crippen molar-refractivity contribution in [3.8, 4) is 0 Å². The standard InChI is InChI=1S/C20H31NO3/c1-13(2)17-9-8-15(4)11-20(17,24)19(23)21-12-18(22)16-7-5-6-14(3)10-16/h5-7,10,13,15,17-18,22,24H,8-9,11-12H2,1-4H3,(H,21,23)/t15-,17+,18-,20+/m1/s1. The molecule has 4 nitrogen and oxygen atoms in total. The van der Waals surface area contributed by atoms with Crippen LogP contribution in [0.15, 0.2) is 24.3 Å². The summed E-state index contributed by atoms with van der Waals surface area (Å²) in [7, 11) is 0. The second-order valence-corrected chi connectivity index (χ2v) is 7.80. The molecule has 134 valence electrons.